The number of aliphatic imine (C=N–C) groups is 1. The van der Waals surface area contributed by atoms with Gasteiger partial charge in [-0.1, -0.05) is 37.2 Å². The molecule has 1 atom stereocenters. The summed E-state index contributed by atoms with van der Waals surface area (Å²) >= 11 is 0. The normalized spacial score (nSPS) is 15.9. The van der Waals surface area contributed by atoms with Crippen molar-refractivity contribution in [1.29, 1.82) is 0 Å². The van der Waals surface area contributed by atoms with Crippen molar-refractivity contribution in [3.8, 4) is 5.75 Å². The van der Waals surface area contributed by atoms with Crippen molar-refractivity contribution < 1.29 is 9.26 Å². The molecule has 1 aromatic carbocycles. The third-order valence-corrected chi connectivity index (χ3v) is 5.87. The third-order valence-electron chi connectivity index (χ3n) is 5.87. The topological polar surface area (TPSA) is 102 Å². The second-order valence-electron chi connectivity index (χ2n) is 7.85. The summed E-state index contributed by atoms with van der Waals surface area (Å²) in [6, 6.07) is 8.24. The molecule has 0 bridgehead atoms. The van der Waals surface area contributed by atoms with E-state index in [2.05, 4.69) is 45.9 Å². The summed E-state index contributed by atoms with van der Waals surface area (Å²) in [5.41, 5.74) is 3.17. The largest absolute Gasteiger partial charge is 0.493 e. The van der Waals surface area contributed by atoms with Gasteiger partial charge >= 0.3 is 0 Å². The van der Waals surface area contributed by atoms with E-state index in [4.69, 9.17) is 14.3 Å². The first kappa shape index (κ1) is 21.9. The van der Waals surface area contributed by atoms with Gasteiger partial charge in [0.25, 0.3) is 0 Å². The van der Waals surface area contributed by atoms with Crippen LogP contribution in [-0.4, -0.2) is 32.5 Å². The van der Waals surface area contributed by atoms with Crippen LogP contribution in [0.2, 0.25) is 0 Å². The van der Waals surface area contributed by atoms with Gasteiger partial charge in [-0.05, 0) is 19.4 Å². The number of para-hydroxylation sites is 1. The Hall–Kier alpha value is -3.36. The molecule has 0 amide bonds. The van der Waals surface area contributed by atoms with Gasteiger partial charge in [-0.2, -0.15) is 0 Å². The SMILES string of the molecule is CCc1noc(CC)c1CN=C(NCc1nnc(C)n1C)NC1CCOc2ccccc21. The van der Waals surface area contributed by atoms with E-state index < -0.39 is 0 Å². The molecule has 0 saturated carbocycles. The van der Waals surface area contributed by atoms with Gasteiger partial charge in [0.05, 0.1) is 31.4 Å². The zero-order valence-electron chi connectivity index (χ0n) is 19.2. The van der Waals surface area contributed by atoms with E-state index in [9.17, 15) is 0 Å². The standard InChI is InChI=1S/C23H31N7O2/c1-5-18-17(20(6-2)32-29-18)13-24-23(25-14-22-28-27-15(3)30(22)4)26-19-11-12-31-21-10-8-7-9-16(19)21/h7-10,19H,5-6,11-14H2,1-4H3,(H2,24,25,26). The highest BCUT2D eigenvalue weighted by Crippen LogP contribution is 2.31. The minimum absolute atomic E-state index is 0.103. The number of aromatic nitrogens is 4. The molecule has 1 unspecified atom stereocenters. The molecule has 0 saturated heterocycles. The van der Waals surface area contributed by atoms with Crippen LogP contribution in [0.15, 0.2) is 33.8 Å². The van der Waals surface area contributed by atoms with Crippen LogP contribution in [0, 0.1) is 6.92 Å². The number of ether oxygens (including phenoxy) is 1. The summed E-state index contributed by atoms with van der Waals surface area (Å²) in [5.74, 6) is 4.23. The maximum Gasteiger partial charge on any atom is 0.192 e. The van der Waals surface area contributed by atoms with Gasteiger partial charge in [0.1, 0.15) is 17.3 Å². The molecular formula is C23H31N7O2. The second kappa shape index (κ2) is 9.84. The lowest BCUT2D eigenvalue weighted by Crippen LogP contribution is -2.41. The van der Waals surface area contributed by atoms with Crippen LogP contribution in [0.5, 0.6) is 5.75 Å². The molecule has 0 spiro atoms. The number of nitrogens with zero attached hydrogens (tertiary/aromatic N) is 5. The molecule has 0 radical (unpaired) electrons. The highest BCUT2D eigenvalue weighted by molar-refractivity contribution is 5.80. The van der Waals surface area contributed by atoms with E-state index in [1.54, 1.807) is 0 Å². The Morgan fingerprint density at radius 3 is 2.81 bits per heavy atom. The van der Waals surface area contributed by atoms with Gasteiger partial charge in [0.2, 0.25) is 0 Å². The van der Waals surface area contributed by atoms with Crippen molar-refractivity contribution >= 4 is 5.96 Å². The Balaban J connectivity index is 1.57. The van der Waals surface area contributed by atoms with Crippen molar-refractivity contribution in [2.24, 2.45) is 12.0 Å². The van der Waals surface area contributed by atoms with Gasteiger partial charge in [0.15, 0.2) is 11.8 Å². The van der Waals surface area contributed by atoms with Crippen LogP contribution in [0.25, 0.3) is 0 Å². The summed E-state index contributed by atoms with van der Waals surface area (Å²) in [7, 11) is 1.96. The molecule has 1 aliphatic heterocycles. The van der Waals surface area contributed by atoms with Crippen molar-refractivity contribution in [3.05, 3.63) is 58.5 Å². The van der Waals surface area contributed by atoms with E-state index in [-0.39, 0.29) is 6.04 Å². The molecule has 170 valence electrons. The van der Waals surface area contributed by atoms with Crippen molar-refractivity contribution in [1.82, 2.24) is 30.6 Å². The van der Waals surface area contributed by atoms with E-state index in [1.165, 1.54) is 0 Å². The van der Waals surface area contributed by atoms with Gasteiger partial charge in [-0.25, -0.2) is 4.99 Å². The zero-order valence-corrected chi connectivity index (χ0v) is 19.2. The number of rotatable bonds is 7. The first-order chi connectivity index (χ1) is 15.6. The number of guanidine groups is 1. The molecule has 0 aliphatic carbocycles. The molecule has 0 fully saturated rings. The summed E-state index contributed by atoms with van der Waals surface area (Å²) in [6.45, 7) is 7.76. The van der Waals surface area contributed by atoms with Crippen LogP contribution >= 0.6 is 0 Å². The van der Waals surface area contributed by atoms with Gasteiger partial charge in [0, 0.05) is 31.0 Å². The Bertz CT molecular complexity index is 1060. The Morgan fingerprint density at radius 2 is 2.06 bits per heavy atom. The molecule has 2 N–H and O–H groups in total. The van der Waals surface area contributed by atoms with E-state index in [1.807, 2.05) is 36.7 Å². The van der Waals surface area contributed by atoms with Crippen LogP contribution in [0.4, 0.5) is 0 Å². The van der Waals surface area contributed by atoms with Crippen molar-refractivity contribution in [2.45, 2.75) is 59.2 Å². The average Bonchev–Trinajstić information content (AvgIpc) is 3.37. The van der Waals surface area contributed by atoms with Crippen LogP contribution in [0.3, 0.4) is 0 Å². The van der Waals surface area contributed by atoms with E-state index >= 15 is 0 Å². The minimum Gasteiger partial charge on any atom is -0.493 e. The second-order valence-corrected chi connectivity index (χ2v) is 7.85. The quantitative estimate of drug-likeness (QED) is 0.433. The summed E-state index contributed by atoms with van der Waals surface area (Å²) in [4.78, 5) is 4.90. The van der Waals surface area contributed by atoms with Crippen LogP contribution in [-0.2, 0) is 33.0 Å². The van der Waals surface area contributed by atoms with Gasteiger partial charge in [-0.15, -0.1) is 10.2 Å². The van der Waals surface area contributed by atoms with E-state index in [0.29, 0.717) is 25.7 Å². The smallest absolute Gasteiger partial charge is 0.192 e. The lowest BCUT2D eigenvalue weighted by atomic mass is 10.0. The maximum atomic E-state index is 5.82. The highest BCUT2D eigenvalue weighted by atomic mass is 16.5. The molecular weight excluding hydrogens is 406 g/mol. The Labute approximate surface area is 188 Å². The zero-order chi connectivity index (χ0) is 22.5. The molecule has 1 aliphatic rings. The lowest BCUT2D eigenvalue weighted by molar-refractivity contribution is 0.261. The lowest BCUT2D eigenvalue weighted by Gasteiger charge is -2.28. The van der Waals surface area contributed by atoms with Crippen LogP contribution in [0.1, 0.15) is 60.5 Å². The first-order valence-electron chi connectivity index (χ1n) is 11.2. The number of aryl methyl sites for hydroxylation is 3. The number of fused-ring (bicyclic) bond motifs is 1. The highest BCUT2D eigenvalue weighted by Gasteiger charge is 2.22. The van der Waals surface area contributed by atoms with Gasteiger partial charge < -0.3 is 24.5 Å². The predicted octanol–water partition coefficient (Wildman–Crippen LogP) is 3.00. The third kappa shape index (κ3) is 4.61. The maximum absolute atomic E-state index is 5.82. The molecule has 3 aromatic rings. The molecule has 32 heavy (non-hydrogen) atoms. The monoisotopic (exact) mass is 437 g/mol. The number of hydrogen-bond acceptors (Lipinski definition) is 6. The fourth-order valence-electron chi connectivity index (χ4n) is 3.85. The molecule has 2 aromatic heterocycles. The summed E-state index contributed by atoms with van der Waals surface area (Å²) in [6.07, 6.45) is 2.46. The van der Waals surface area contributed by atoms with Gasteiger partial charge in [-0.3, -0.25) is 0 Å². The number of hydrogen-bond donors (Lipinski definition) is 2. The Morgan fingerprint density at radius 1 is 1.22 bits per heavy atom. The Kier molecular flexibility index (Phi) is 6.72. The summed E-state index contributed by atoms with van der Waals surface area (Å²) < 4.78 is 13.3. The fourth-order valence-corrected chi connectivity index (χ4v) is 3.85. The molecule has 4 rings (SSSR count). The minimum atomic E-state index is 0.103. The predicted molar refractivity (Wildman–Crippen MR) is 121 cm³/mol. The molecule has 9 nitrogen and oxygen atoms in total. The van der Waals surface area contributed by atoms with Crippen LogP contribution < -0.4 is 15.4 Å². The van der Waals surface area contributed by atoms with E-state index in [0.717, 1.165) is 59.2 Å². The first-order valence-corrected chi connectivity index (χ1v) is 11.2. The van der Waals surface area contributed by atoms with Crippen molar-refractivity contribution in [3.63, 3.8) is 0 Å². The molecule has 3 heterocycles. The number of benzene rings is 1. The fraction of sp³-hybridized carbons (Fsp3) is 0.478. The van der Waals surface area contributed by atoms with Crippen molar-refractivity contribution in [2.75, 3.05) is 6.61 Å². The molecule has 9 heteroatoms. The number of nitrogens with one attached hydrogen (secondary N) is 2. The summed E-state index contributed by atoms with van der Waals surface area (Å²) in [5, 5.41) is 19.6. The average molecular weight is 438 g/mol.